The molecule has 0 atom stereocenters. The van der Waals surface area contributed by atoms with Crippen LogP contribution >= 0.6 is 0 Å². The number of nitrogens with one attached hydrogen (secondary N) is 4. The Morgan fingerprint density at radius 3 is 1.85 bits per heavy atom. The fourth-order valence-electron chi connectivity index (χ4n) is 2.97. The molecule has 7 nitrogen and oxygen atoms in total. The molecule has 0 bridgehead atoms. The summed E-state index contributed by atoms with van der Waals surface area (Å²) in [7, 11) is 0. The van der Waals surface area contributed by atoms with Gasteiger partial charge < -0.3 is 21.3 Å². The third kappa shape index (κ3) is 7.21. The second-order valence-corrected chi connectivity index (χ2v) is 8.02. The lowest BCUT2D eigenvalue weighted by atomic mass is 10.1. The molecule has 170 valence electrons. The average Bonchev–Trinajstić information content (AvgIpc) is 2.80. The van der Waals surface area contributed by atoms with Gasteiger partial charge in [-0.25, -0.2) is 0 Å². The average molecular weight is 445 g/mol. The number of anilines is 4. The smallest absolute Gasteiger partial charge is 0.255 e. The van der Waals surface area contributed by atoms with Gasteiger partial charge in [0.1, 0.15) is 0 Å². The van der Waals surface area contributed by atoms with Crippen LogP contribution in [0.15, 0.2) is 72.8 Å². The predicted molar refractivity (Wildman–Crippen MR) is 133 cm³/mol. The molecule has 0 radical (unpaired) electrons. The van der Waals surface area contributed by atoms with Crippen molar-refractivity contribution in [3.05, 3.63) is 83.9 Å². The Morgan fingerprint density at radius 1 is 0.727 bits per heavy atom. The van der Waals surface area contributed by atoms with Crippen molar-refractivity contribution >= 4 is 40.5 Å². The summed E-state index contributed by atoms with van der Waals surface area (Å²) in [5, 5.41) is 11.5. The van der Waals surface area contributed by atoms with Crippen LogP contribution in [-0.2, 0) is 9.59 Å². The Bertz CT molecular complexity index is 1120. The van der Waals surface area contributed by atoms with Crippen molar-refractivity contribution in [2.45, 2.75) is 20.8 Å². The van der Waals surface area contributed by atoms with Crippen molar-refractivity contribution < 1.29 is 14.4 Å². The van der Waals surface area contributed by atoms with E-state index in [-0.39, 0.29) is 30.2 Å². The van der Waals surface area contributed by atoms with Crippen LogP contribution in [0.3, 0.4) is 0 Å². The summed E-state index contributed by atoms with van der Waals surface area (Å²) in [6, 6.07) is 21.5. The van der Waals surface area contributed by atoms with Crippen LogP contribution in [0.25, 0.3) is 0 Å². The molecule has 0 aliphatic rings. The predicted octanol–water partition coefficient (Wildman–Crippen LogP) is 4.89. The first-order valence-corrected chi connectivity index (χ1v) is 10.7. The van der Waals surface area contributed by atoms with Crippen molar-refractivity contribution in [1.82, 2.24) is 0 Å². The first kappa shape index (κ1) is 23.5. The van der Waals surface area contributed by atoms with E-state index in [1.165, 1.54) is 0 Å². The van der Waals surface area contributed by atoms with Gasteiger partial charge in [0.2, 0.25) is 11.8 Å². The van der Waals surface area contributed by atoms with Crippen molar-refractivity contribution in [3.63, 3.8) is 0 Å². The Kier molecular flexibility index (Phi) is 7.81. The molecule has 3 aromatic carbocycles. The molecule has 3 amide bonds. The van der Waals surface area contributed by atoms with Crippen LogP contribution in [0.4, 0.5) is 22.7 Å². The molecule has 3 aromatic rings. The molecule has 0 aliphatic carbocycles. The van der Waals surface area contributed by atoms with Crippen LogP contribution in [0.2, 0.25) is 0 Å². The van der Waals surface area contributed by atoms with Crippen LogP contribution in [0.1, 0.15) is 29.8 Å². The van der Waals surface area contributed by atoms with Crippen LogP contribution in [-0.4, -0.2) is 24.3 Å². The zero-order valence-electron chi connectivity index (χ0n) is 18.9. The number of aryl methyl sites for hydroxylation is 1. The molecule has 3 rings (SSSR count). The van der Waals surface area contributed by atoms with Gasteiger partial charge in [0, 0.05) is 34.2 Å². The molecule has 0 aromatic heterocycles. The van der Waals surface area contributed by atoms with Gasteiger partial charge in [0.25, 0.3) is 5.91 Å². The lowest BCUT2D eigenvalue weighted by molar-refractivity contribution is -0.119. The van der Waals surface area contributed by atoms with Crippen molar-refractivity contribution in [2.75, 3.05) is 27.8 Å². The summed E-state index contributed by atoms with van der Waals surface area (Å²) in [6.07, 6.45) is 0. The summed E-state index contributed by atoms with van der Waals surface area (Å²) in [6.45, 7) is 5.68. The van der Waals surface area contributed by atoms with E-state index in [0.29, 0.717) is 22.6 Å². The second-order valence-electron chi connectivity index (χ2n) is 8.02. The molecule has 0 saturated carbocycles. The van der Waals surface area contributed by atoms with E-state index in [0.717, 1.165) is 11.3 Å². The maximum atomic E-state index is 12.3. The van der Waals surface area contributed by atoms with Gasteiger partial charge in [-0.15, -0.1) is 0 Å². The third-order valence-electron chi connectivity index (χ3n) is 4.84. The molecule has 0 fully saturated rings. The minimum atomic E-state index is -0.203. The fourth-order valence-corrected chi connectivity index (χ4v) is 2.97. The summed E-state index contributed by atoms with van der Waals surface area (Å²) >= 11 is 0. The monoisotopic (exact) mass is 444 g/mol. The lowest BCUT2D eigenvalue weighted by Crippen LogP contribution is -2.22. The first-order chi connectivity index (χ1) is 15.8. The highest BCUT2D eigenvalue weighted by Crippen LogP contribution is 2.16. The van der Waals surface area contributed by atoms with Crippen LogP contribution < -0.4 is 21.3 Å². The van der Waals surface area contributed by atoms with Gasteiger partial charge in [-0.05, 0) is 67.6 Å². The highest BCUT2D eigenvalue weighted by atomic mass is 16.2. The highest BCUT2D eigenvalue weighted by Gasteiger charge is 2.08. The number of benzene rings is 3. The normalized spacial score (nSPS) is 10.4. The minimum absolute atomic E-state index is 0.0586. The Balaban J connectivity index is 1.46. The Hall–Kier alpha value is -4.13. The molecular formula is C26H28N4O3. The van der Waals surface area contributed by atoms with Crippen molar-refractivity contribution in [1.29, 1.82) is 0 Å². The first-order valence-electron chi connectivity index (χ1n) is 10.7. The quantitative estimate of drug-likeness (QED) is 0.397. The number of hydrogen-bond acceptors (Lipinski definition) is 4. The number of rotatable bonds is 8. The van der Waals surface area contributed by atoms with Gasteiger partial charge in [-0.1, -0.05) is 31.5 Å². The molecule has 0 aliphatic heterocycles. The van der Waals surface area contributed by atoms with E-state index in [9.17, 15) is 14.4 Å². The van der Waals surface area contributed by atoms with Gasteiger partial charge >= 0.3 is 0 Å². The van der Waals surface area contributed by atoms with E-state index >= 15 is 0 Å². The molecule has 0 heterocycles. The minimum Gasteiger partial charge on any atom is -0.376 e. The fraction of sp³-hybridized carbons (Fsp3) is 0.192. The largest absolute Gasteiger partial charge is 0.376 e. The zero-order chi connectivity index (χ0) is 23.8. The maximum Gasteiger partial charge on any atom is 0.255 e. The van der Waals surface area contributed by atoms with E-state index < -0.39 is 0 Å². The number of amides is 3. The van der Waals surface area contributed by atoms with Gasteiger partial charge in [-0.2, -0.15) is 0 Å². The summed E-state index contributed by atoms with van der Waals surface area (Å²) in [5.74, 6) is -0.537. The Labute approximate surface area is 193 Å². The number of carbonyl (C=O) groups excluding carboxylic acids is 3. The summed E-state index contributed by atoms with van der Waals surface area (Å²) < 4.78 is 0. The van der Waals surface area contributed by atoms with Gasteiger partial charge in [0.15, 0.2) is 0 Å². The summed E-state index contributed by atoms with van der Waals surface area (Å²) in [5.41, 5.74) is 4.36. The van der Waals surface area contributed by atoms with E-state index in [2.05, 4.69) is 21.3 Å². The molecule has 33 heavy (non-hydrogen) atoms. The molecule has 0 spiro atoms. The Morgan fingerprint density at radius 2 is 1.27 bits per heavy atom. The second kappa shape index (κ2) is 10.9. The molecule has 4 N–H and O–H groups in total. The molecule has 0 saturated heterocycles. The number of carbonyl (C=O) groups is 3. The molecular weight excluding hydrogens is 416 g/mol. The van der Waals surface area contributed by atoms with Gasteiger partial charge in [-0.3, -0.25) is 14.4 Å². The summed E-state index contributed by atoms with van der Waals surface area (Å²) in [4.78, 5) is 36.3. The standard InChI is InChI=1S/C26H28N4O3/c1-17(2)25(32)29-22-13-11-21(12-14-22)28-24(31)16-27-20-7-9-23(10-8-20)30-26(33)19-6-4-5-18(3)15-19/h4-15,17,27H,16H2,1-3H3,(H,28,31)(H,29,32)(H,30,33). The van der Waals surface area contributed by atoms with E-state index in [1.54, 1.807) is 54.6 Å². The molecule has 0 unspecified atom stereocenters. The number of hydrogen-bond donors (Lipinski definition) is 4. The third-order valence-corrected chi connectivity index (χ3v) is 4.84. The maximum absolute atomic E-state index is 12.3. The van der Waals surface area contributed by atoms with Crippen molar-refractivity contribution in [3.8, 4) is 0 Å². The lowest BCUT2D eigenvalue weighted by Gasteiger charge is -2.11. The zero-order valence-corrected chi connectivity index (χ0v) is 18.9. The van der Waals surface area contributed by atoms with E-state index in [1.807, 2.05) is 39.0 Å². The topological polar surface area (TPSA) is 99.3 Å². The molecule has 7 heteroatoms. The SMILES string of the molecule is Cc1cccc(C(=O)Nc2ccc(NCC(=O)Nc3ccc(NC(=O)C(C)C)cc3)cc2)c1. The van der Waals surface area contributed by atoms with Gasteiger partial charge in [0.05, 0.1) is 6.54 Å². The highest BCUT2D eigenvalue weighted by molar-refractivity contribution is 6.04. The van der Waals surface area contributed by atoms with Crippen LogP contribution in [0, 0.1) is 12.8 Å². The van der Waals surface area contributed by atoms with Crippen molar-refractivity contribution in [2.24, 2.45) is 5.92 Å². The van der Waals surface area contributed by atoms with E-state index in [4.69, 9.17) is 0 Å². The van der Waals surface area contributed by atoms with Crippen LogP contribution in [0.5, 0.6) is 0 Å².